The van der Waals surface area contributed by atoms with Crippen LogP contribution in [0.1, 0.15) is 19.3 Å². The summed E-state index contributed by atoms with van der Waals surface area (Å²) in [4.78, 5) is 27.2. The first kappa shape index (κ1) is 15.7. The predicted octanol–water partition coefficient (Wildman–Crippen LogP) is 1.05. The van der Waals surface area contributed by atoms with Gasteiger partial charge in [0.25, 0.3) is 0 Å². The van der Waals surface area contributed by atoms with Crippen LogP contribution in [-0.4, -0.2) is 55.2 Å². The van der Waals surface area contributed by atoms with Crippen LogP contribution >= 0.6 is 0 Å². The average molecular weight is 341 g/mol. The van der Waals surface area contributed by atoms with Crippen molar-refractivity contribution in [2.24, 2.45) is 11.3 Å². The fraction of sp³-hybridized carbons (Fsp3) is 0.471. The fourth-order valence-electron chi connectivity index (χ4n) is 4.06. The number of hydrogen-bond acceptors (Lipinski definition) is 5. The lowest BCUT2D eigenvalue weighted by Gasteiger charge is -2.23. The number of nitrogens with zero attached hydrogens (tertiary/aromatic N) is 5. The van der Waals surface area contributed by atoms with Crippen LogP contribution in [0.2, 0.25) is 0 Å². The molecule has 0 bridgehead atoms. The number of amides is 1. The Morgan fingerprint density at radius 1 is 1.28 bits per heavy atom. The molecule has 1 saturated heterocycles. The standard InChI is InChI=1S/C17H19N5O3/c23-14(21-9-13-7-4-8-17(13,11-21)16(24)25)10-22-19-15(18-20-22)12-5-2-1-3-6-12/h1-3,5-6,13H,4,7-11H2,(H,24,25)/t13-,17+/m0/s1. The van der Waals surface area contributed by atoms with E-state index in [4.69, 9.17) is 0 Å². The quantitative estimate of drug-likeness (QED) is 0.892. The SMILES string of the molecule is O=C(Cn1nnc(-c2ccccc2)n1)N1C[C@@H]2CCC[C@@]2(C(=O)O)C1. The topological polar surface area (TPSA) is 101 Å². The average Bonchev–Trinajstić information content (AvgIpc) is 3.29. The van der Waals surface area contributed by atoms with Gasteiger partial charge >= 0.3 is 5.97 Å². The van der Waals surface area contributed by atoms with Gasteiger partial charge in [-0.2, -0.15) is 4.80 Å². The number of aromatic nitrogens is 4. The minimum absolute atomic E-state index is 0.0255. The second-order valence-corrected chi connectivity index (χ2v) is 6.83. The van der Waals surface area contributed by atoms with Gasteiger partial charge in [-0.1, -0.05) is 36.8 Å². The third-order valence-corrected chi connectivity index (χ3v) is 5.41. The molecule has 130 valence electrons. The number of hydrogen-bond donors (Lipinski definition) is 1. The van der Waals surface area contributed by atoms with E-state index < -0.39 is 11.4 Å². The molecule has 1 aliphatic heterocycles. The lowest BCUT2D eigenvalue weighted by molar-refractivity contribution is -0.149. The van der Waals surface area contributed by atoms with E-state index in [-0.39, 0.29) is 24.9 Å². The van der Waals surface area contributed by atoms with Crippen LogP contribution in [0.4, 0.5) is 0 Å². The summed E-state index contributed by atoms with van der Waals surface area (Å²) in [5, 5.41) is 21.8. The monoisotopic (exact) mass is 341 g/mol. The van der Waals surface area contributed by atoms with Crippen LogP contribution in [0.3, 0.4) is 0 Å². The number of aliphatic carboxylic acids is 1. The van der Waals surface area contributed by atoms with E-state index in [2.05, 4.69) is 15.4 Å². The normalized spacial score (nSPS) is 25.1. The number of fused-ring (bicyclic) bond motifs is 1. The summed E-state index contributed by atoms with van der Waals surface area (Å²) in [6.07, 6.45) is 2.44. The van der Waals surface area contributed by atoms with Crippen LogP contribution in [0.5, 0.6) is 0 Å². The van der Waals surface area contributed by atoms with Crippen molar-refractivity contribution in [3.63, 3.8) is 0 Å². The number of rotatable bonds is 4. The van der Waals surface area contributed by atoms with Gasteiger partial charge in [-0.05, 0) is 24.0 Å². The third kappa shape index (κ3) is 2.67. The smallest absolute Gasteiger partial charge is 0.311 e. The van der Waals surface area contributed by atoms with Crippen molar-refractivity contribution in [3.05, 3.63) is 30.3 Å². The minimum Gasteiger partial charge on any atom is -0.481 e. The Labute approximate surface area is 144 Å². The first-order valence-corrected chi connectivity index (χ1v) is 8.43. The number of carboxylic acids is 1. The molecule has 8 nitrogen and oxygen atoms in total. The summed E-state index contributed by atoms with van der Waals surface area (Å²) in [7, 11) is 0. The summed E-state index contributed by atoms with van der Waals surface area (Å²) in [6, 6.07) is 9.42. The van der Waals surface area contributed by atoms with E-state index in [1.165, 1.54) is 4.80 Å². The van der Waals surface area contributed by atoms with E-state index in [0.717, 1.165) is 18.4 Å². The van der Waals surface area contributed by atoms with E-state index >= 15 is 0 Å². The van der Waals surface area contributed by atoms with Gasteiger partial charge in [0.15, 0.2) is 0 Å². The number of tetrazole rings is 1. The molecule has 1 aromatic carbocycles. The third-order valence-electron chi connectivity index (χ3n) is 5.41. The molecule has 4 rings (SSSR count). The van der Waals surface area contributed by atoms with Crippen molar-refractivity contribution in [1.82, 2.24) is 25.1 Å². The Kier molecular flexibility index (Phi) is 3.74. The van der Waals surface area contributed by atoms with Crippen molar-refractivity contribution in [3.8, 4) is 11.4 Å². The maximum Gasteiger partial charge on any atom is 0.311 e. The molecule has 1 N–H and O–H groups in total. The number of benzene rings is 1. The van der Waals surface area contributed by atoms with Gasteiger partial charge in [-0.25, -0.2) is 0 Å². The number of carboxylic acid groups (broad SMARTS) is 1. The Morgan fingerprint density at radius 2 is 2.08 bits per heavy atom. The second-order valence-electron chi connectivity index (χ2n) is 6.83. The van der Waals surface area contributed by atoms with Crippen molar-refractivity contribution >= 4 is 11.9 Å². The lowest BCUT2D eigenvalue weighted by Crippen LogP contribution is -2.38. The number of carbonyl (C=O) groups excluding carboxylic acids is 1. The Morgan fingerprint density at radius 3 is 2.80 bits per heavy atom. The molecule has 0 spiro atoms. The summed E-state index contributed by atoms with van der Waals surface area (Å²) in [5.41, 5.74) is 0.0717. The summed E-state index contributed by atoms with van der Waals surface area (Å²) < 4.78 is 0. The Hall–Kier alpha value is -2.77. The Bertz CT molecular complexity index is 806. The summed E-state index contributed by atoms with van der Waals surface area (Å²) >= 11 is 0. The Balaban J connectivity index is 1.45. The van der Waals surface area contributed by atoms with Gasteiger partial charge in [0, 0.05) is 18.7 Å². The van der Waals surface area contributed by atoms with Crippen molar-refractivity contribution < 1.29 is 14.7 Å². The molecule has 2 aromatic rings. The molecule has 0 unspecified atom stereocenters. The zero-order valence-corrected chi connectivity index (χ0v) is 13.7. The van der Waals surface area contributed by atoms with E-state index in [0.29, 0.717) is 18.8 Å². The van der Waals surface area contributed by atoms with Crippen LogP contribution < -0.4 is 0 Å². The number of carbonyl (C=O) groups is 2. The molecule has 2 fully saturated rings. The number of likely N-dealkylation sites (tertiary alicyclic amines) is 1. The van der Waals surface area contributed by atoms with Crippen molar-refractivity contribution in [2.45, 2.75) is 25.8 Å². The molecule has 2 atom stereocenters. The van der Waals surface area contributed by atoms with Gasteiger partial charge in [-0.15, -0.1) is 10.2 Å². The van der Waals surface area contributed by atoms with E-state index in [9.17, 15) is 14.7 Å². The van der Waals surface area contributed by atoms with Gasteiger partial charge in [-0.3, -0.25) is 9.59 Å². The largest absolute Gasteiger partial charge is 0.481 e. The van der Waals surface area contributed by atoms with Crippen LogP contribution in [0, 0.1) is 11.3 Å². The van der Waals surface area contributed by atoms with E-state index in [1.807, 2.05) is 30.3 Å². The minimum atomic E-state index is -0.782. The second kappa shape index (κ2) is 5.94. The van der Waals surface area contributed by atoms with Crippen LogP contribution in [0.25, 0.3) is 11.4 Å². The molecule has 0 radical (unpaired) electrons. The zero-order chi connectivity index (χ0) is 17.4. The van der Waals surface area contributed by atoms with Gasteiger partial charge in [0.1, 0.15) is 6.54 Å². The molecule has 1 saturated carbocycles. The van der Waals surface area contributed by atoms with Crippen LogP contribution in [-0.2, 0) is 16.1 Å². The first-order valence-electron chi connectivity index (χ1n) is 8.43. The highest BCUT2D eigenvalue weighted by Gasteiger charge is 2.55. The van der Waals surface area contributed by atoms with Gasteiger partial charge in [0.2, 0.25) is 11.7 Å². The maximum atomic E-state index is 12.6. The molecule has 1 aromatic heterocycles. The molecular formula is C17H19N5O3. The molecule has 1 amide bonds. The zero-order valence-electron chi connectivity index (χ0n) is 13.7. The molecule has 2 aliphatic rings. The van der Waals surface area contributed by atoms with E-state index in [1.54, 1.807) is 4.90 Å². The highest BCUT2D eigenvalue weighted by Crippen LogP contribution is 2.48. The van der Waals surface area contributed by atoms with Crippen LogP contribution in [0.15, 0.2) is 30.3 Å². The highest BCUT2D eigenvalue weighted by molar-refractivity contribution is 5.81. The van der Waals surface area contributed by atoms with Crippen molar-refractivity contribution in [1.29, 1.82) is 0 Å². The van der Waals surface area contributed by atoms with Gasteiger partial charge in [0.05, 0.1) is 5.41 Å². The summed E-state index contributed by atoms with van der Waals surface area (Å²) in [6.45, 7) is 0.764. The van der Waals surface area contributed by atoms with Crippen molar-refractivity contribution in [2.75, 3.05) is 13.1 Å². The fourth-order valence-corrected chi connectivity index (χ4v) is 4.06. The summed E-state index contributed by atoms with van der Waals surface area (Å²) in [5.74, 6) is -0.422. The lowest BCUT2D eigenvalue weighted by atomic mass is 9.81. The maximum absolute atomic E-state index is 12.6. The van der Waals surface area contributed by atoms with Gasteiger partial charge < -0.3 is 10.0 Å². The first-order chi connectivity index (χ1) is 12.1. The highest BCUT2D eigenvalue weighted by atomic mass is 16.4. The molecular weight excluding hydrogens is 322 g/mol. The molecule has 25 heavy (non-hydrogen) atoms. The molecule has 2 heterocycles. The molecule has 8 heteroatoms. The molecule has 1 aliphatic carbocycles. The predicted molar refractivity (Wildman–Crippen MR) is 87.2 cm³/mol.